The van der Waals surface area contributed by atoms with Crippen LogP contribution in [0.5, 0.6) is 0 Å². The van der Waals surface area contributed by atoms with Crippen LogP contribution in [0.1, 0.15) is 25.2 Å². The van der Waals surface area contributed by atoms with Crippen LogP contribution in [0.25, 0.3) is 0 Å². The summed E-state index contributed by atoms with van der Waals surface area (Å²) < 4.78 is 10.6. The molecule has 3 amide bonds. The maximum atomic E-state index is 13.0. The Hall–Kier alpha value is -3.74. The van der Waals surface area contributed by atoms with E-state index in [1.165, 1.54) is 0 Å². The highest BCUT2D eigenvalue weighted by Crippen LogP contribution is 2.18. The second-order valence-corrected chi connectivity index (χ2v) is 7.55. The zero-order chi connectivity index (χ0) is 22.1. The van der Waals surface area contributed by atoms with Gasteiger partial charge in [0.05, 0.1) is 19.4 Å². The fourth-order valence-corrected chi connectivity index (χ4v) is 2.87. The Balaban J connectivity index is 1.67. The summed E-state index contributed by atoms with van der Waals surface area (Å²) in [5.74, 6) is 0.940. The number of urea groups is 1. The average Bonchev–Trinajstić information content (AvgIpc) is 3.26. The summed E-state index contributed by atoms with van der Waals surface area (Å²) in [6, 6.07) is 20.0. The van der Waals surface area contributed by atoms with Crippen LogP contribution >= 0.6 is 0 Å². The number of ether oxygens (including phenoxy) is 1. The summed E-state index contributed by atoms with van der Waals surface area (Å²) in [6.45, 7) is 5.02. The molecule has 0 saturated heterocycles. The van der Waals surface area contributed by atoms with Gasteiger partial charge in [0.2, 0.25) is 0 Å². The smallest absolute Gasteiger partial charge is 0.411 e. The zero-order valence-corrected chi connectivity index (χ0v) is 17.7. The predicted octanol–water partition coefficient (Wildman–Crippen LogP) is 5.72. The third-order valence-corrected chi connectivity index (χ3v) is 4.34. The van der Waals surface area contributed by atoms with Crippen molar-refractivity contribution in [3.8, 4) is 0 Å². The molecular formula is C24H27N3O4. The molecule has 0 bridgehead atoms. The monoisotopic (exact) mass is 421 g/mol. The lowest BCUT2D eigenvalue weighted by molar-refractivity contribution is 0.147. The third-order valence-electron chi connectivity index (χ3n) is 4.34. The van der Waals surface area contributed by atoms with Crippen molar-refractivity contribution in [2.24, 2.45) is 5.92 Å². The van der Waals surface area contributed by atoms with E-state index in [0.717, 1.165) is 5.56 Å². The number of anilines is 2. The molecule has 31 heavy (non-hydrogen) atoms. The Labute approximate surface area is 182 Å². The predicted molar refractivity (Wildman–Crippen MR) is 120 cm³/mol. The first kappa shape index (κ1) is 22.0. The summed E-state index contributed by atoms with van der Waals surface area (Å²) in [6.07, 6.45) is 1.06. The molecule has 0 fully saturated rings. The van der Waals surface area contributed by atoms with Crippen LogP contribution < -0.4 is 10.6 Å². The molecule has 0 aliphatic heterocycles. The van der Waals surface area contributed by atoms with Crippen LogP contribution in [0.4, 0.5) is 21.0 Å². The van der Waals surface area contributed by atoms with E-state index in [4.69, 9.17) is 9.15 Å². The van der Waals surface area contributed by atoms with Gasteiger partial charge in [-0.1, -0.05) is 50.2 Å². The lowest BCUT2D eigenvalue weighted by Crippen LogP contribution is -2.34. The summed E-state index contributed by atoms with van der Waals surface area (Å²) in [5.41, 5.74) is 2.10. The van der Waals surface area contributed by atoms with Gasteiger partial charge in [-0.15, -0.1) is 0 Å². The molecule has 0 aliphatic rings. The SMILES string of the molecule is CC(C)COC(=O)Nc1cccc(NC(=O)N(Cc2ccccc2)Cc2ccco2)c1. The minimum Gasteiger partial charge on any atom is -0.467 e. The molecule has 1 heterocycles. The molecule has 7 nitrogen and oxygen atoms in total. The van der Waals surface area contributed by atoms with Crippen LogP contribution in [-0.4, -0.2) is 23.6 Å². The fraction of sp³-hybridized carbons (Fsp3) is 0.250. The highest BCUT2D eigenvalue weighted by Gasteiger charge is 2.16. The van der Waals surface area contributed by atoms with Gasteiger partial charge in [-0.3, -0.25) is 5.32 Å². The van der Waals surface area contributed by atoms with Crippen LogP contribution in [-0.2, 0) is 17.8 Å². The van der Waals surface area contributed by atoms with E-state index in [1.807, 2.05) is 50.2 Å². The Bertz CT molecular complexity index is 972. The molecule has 162 valence electrons. The van der Waals surface area contributed by atoms with Crippen molar-refractivity contribution >= 4 is 23.5 Å². The lowest BCUT2D eigenvalue weighted by Gasteiger charge is -2.22. The number of rotatable bonds is 8. The second-order valence-electron chi connectivity index (χ2n) is 7.55. The number of nitrogens with zero attached hydrogens (tertiary/aromatic N) is 1. The quantitative estimate of drug-likeness (QED) is 0.487. The Morgan fingerprint density at radius 3 is 2.35 bits per heavy atom. The third kappa shape index (κ3) is 7.22. The molecule has 0 spiro atoms. The fourth-order valence-electron chi connectivity index (χ4n) is 2.87. The number of amides is 3. The number of furan rings is 1. The van der Waals surface area contributed by atoms with Crippen LogP contribution in [0.3, 0.4) is 0 Å². The normalized spacial score (nSPS) is 10.5. The minimum atomic E-state index is -0.527. The molecule has 0 aliphatic carbocycles. The van der Waals surface area contributed by atoms with Crippen LogP contribution in [0, 0.1) is 5.92 Å². The summed E-state index contributed by atoms with van der Waals surface area (Å²) in [5, 5.41) is 5.57. The standard InChI is InChI=1S/C24H27N3O4/c1-18(2)17-31-24(29)26-21-11-6-10-20(14-21)25-23(28)27(16-22-12-7-13-30-22)15-19-8-4-3-5-9-19/h3-14,18H,15-17H2,1-2H3,(H,25,28)(H,26,29). The summed E-state index contributed by atoms with van der Waals surface area (Å²) in [7, 11) is 0. The van der Waals surface area contributed by atoms with E-state index in [2.05, 4.69) is 10.6 Å². The van der Waals surface area contributed by atoms with E-state index >= 15 is 0 Å². The highest BCUT2D eigenvalue weighted by atomic mass is 16.5. The van der Waals surface area contributed by atoms with Gasteiger partial charge >= 0.3 is 12.1 Å². The highest BCUT2D eigenvalue weighted by molar-refractivity contribution is 5.91. The van der Waals surface area contributed by atoms with Gasteiger partial charge in [0, 0.05) is 17.9 Å². The van der Waals surface area contributed by atoms with E-state index in [0.29, 0.717) is 36.8 Å². The summed E-state index contributed by atoms with van der Waals surface area (Å²) >= 11 is 0. The molecule has 1 aromatic heterocycles. The molecule has 3 aromatic rings. The molecule has 7 heteroatoms. The molecule has 0 unspecified atom stereocenters. The second kappa shape index (κ2) is 10.9. The maximum absolute atomic E-state index is 13.0. The molecule has 0 radical (unpaired) electrons. The van der Waals surface area contributed by atoms with Gasteiger partial charge in [-0.2, -0.15) is 0 Å². The summed E-state index contributed by atoms with van der Waals surface area (Å²) in [4.78, 5) is 26.6. The first-order valence-corrected chi connectivity index (χ1v) is 10.2. The largest absolute Gasteiger partial charge is 0.467 e. The maximum Gasteiger partial charge on any atom is 0.411 e. The molecule has 2 aromatic carbocycles. The Morgan fingerprint density at radius 1 is 0.935 bits per heavy atom. The number of hydrogen-bond acceptors (Lipinski definition) is 4. The van der Waals surface area contributed by atoms with Crippen molar-refractivity contribution in [2.45, 2.75) is 26.9 Å². The molecular weight excluding hydrogens is 394 g/mol. The zero-order valence-electron chi connectivity index (χ0n) is 17.7. The average molecular weight is 421 g/mol. The van der Waals surface area contributed by atoms with Gasteiger partial charge < -0.3 is 19.4 Å². The number of nitrogens with one attached hydrogen (secondary N) is 2. The van der Waals surface area contributed by atoms with Gasteiger partial charge in [0.1, 0.15) is 5.76 Å². The van der Waals surface area contributed by atoms with Gasteiger partial charge in [0.25, 0.3) is 0 Å². The Morgan fingerprint density at radius 2 is 1.68 bits per heavy atom. The van der Waals surface area contributed by atoms with E-state index in [-0.39, 0.29) is 11.9 Å². The molecule has 3 rings (SSSR count). The Kier molecular flexibility index (Phi) is 7.70. The van der Waals surface area contributed by atoms with Crippen molar-refractivity contribution in [3.63, 3.8) is 0 Å². The van der Waals surface area contributed by atoms with E-state index < -0.39 is 6.09 Å². The molecule has 0 atom stereocenters. The number of hydrogen-bond donors (Lipinski definition) is 2. The topological polar surface area (TPSA) is 83.8 Å². The number of benzene rings is 2. The van der Waals surface area contributed by atoms with Crippen LogP contribution in [0.15, 0.2) is 77.4 Å². The van der Waals surface area contributed by atoms with Gasteiger partial charge in [-0.25, -0.2) is 9.59 Å². The van der Waals surface area contributed by atoms with Gasteiger partial charge in [0.15, 0.2) is 0 Å². The molecule has 2 N–H and O–H groups in total. The van der Waals surface area contributed by atoms with Gasteiger partial charge in [-0.05, 0) is 41.8 Å². The van der Waals surface area contributed by atoms with E-state index in [9.17, 15) is 9.59 Å². The van der Waals surface area contributed by atoms with E-state index in [1.54, 1.807) is 41.5 Å². The lowest BCUT2D eigenvalue weighted by atomic mass is 10.2. The minimum absolute atomic E-state index is 0.251. The number of carbonyl (C=O) groups is 2. The van der Waals surface area contributed by atoms with Crippen molar-refractivity contribution < 1.29 is 18.7 Å². The van der Waals surface area contributed by atoms with Crippen LogP contribution in [0.2, 0.25) is 0 Å². The molecule has 0 saturated carbocycles. The first-order valence-electron chi connectivity index (χ1n) is 10.2. The van der Waals surface area contributed by atoms with Crippen molar-refractivity contribution in [1.82, 2.24) is 4.90 Å². The van der Waals surface area contributed by atoms with Crippen molar-refractivity contribution in [2.75, 3.05) is 17.2 Å². The van der Waals surface area contributed by atoms with Crippen molar-refractivity contribution in [1.29, 1.82) is 0 Å². The number of carbonyl (C=O) groups excluding carboxylic acids is 2. The first-order chi connectivity index (χ1) is 15.0. The van der Waals surface area contributed by atoms with Crippen molar-refractivity contribution in [3.05, 3.63) is 84.3 Å².